The van der Waals surface area contributed by atoms with Gasteiger partial charge in [0.1, 0.15) is 17.4 Å². The van der Waals surface area contributed by atoms with Crippen LogP contribution in [0.1, 0.15) is 31.9 Å². The molecular formula is C18H17Cl2N3O4. The van der Waals surface area contributed by atoms with E-state index in [0.29, 0.717) is 16.1 Å². The van der Waals surface area contributed by atoms with Crippen molar-refractivity contribution in [2.45, 2.75) is 55.5 Å². The van der Waals surface area contributed by atoms with E-state index in [2.05, 4.69) is 16.0 Å². The van der Waals surface area contributed by atoms with Crippen LogP contribution < -0.4 is 0 Å². The number of pyridine rings is 1. The molecule has 3 fully saturated rings. The van der Waals surface area contributed by atoms with Gasteiger partial charge in [0.15, 0.2) is 23.3 Å². The molecule has 1 saturated carbocycles. The molecule has 4 atom stereocenters. The maximum atomic E-state index is 10.0. The minimum Gasteiger partial charge on any atom is -0.392 e. The lowest BCUT2D eigenvalue weighted by molar-refractivity contribution is -0.228. The molecule has 0 unspecified atom stereocenters. The van der Waals surface area contributed by atoms with Crippen LogP contribution in [0.25, 0.3) is 11.0 Å². The van der Waals surface area contributed by atoms with E-state index < -0.39 is 36.4 Å². The van der Waals surface area contributed by atoms with Crippen LogP contribution in [-0.4, -0.2) is 50.1 Å². The van der Waals surface area contributed by atoms with Crippen LogP contribution >= 0.6 is 23.2 Å². The first kappa shape index (κ1) is 17.7. The quantitative estimate of drug-likeness (QED) is 0.606. The molecule has 2 aliphatic heterocycles. The molecule has 1 spiro atoms. The van der Waals surface area contributed by atoms with E-state index in [4.69, 9.17) is 43.8 Å². The number of nitrogens with zero attached hydrogens (tertiary/aromatic N) is 3. The van der Waals surface area contributed by atoms with Crippen molar-refractivity contribution in [2.24, 2.45) is 0 Å². The molecule has 7 nitrogen and oxygen atoms in total. The Bertz CT molecular complexity index is 952. The number of ether oxygens (including phenoxy) is 3. The fraction of sp³-hybridized carbons (Fsp3) is 0.556. The Kier molecular flexibility index (Phi) is 3.96. The van der Waals surface area contributed by atoms with E-state index >= 15 is 0 Å². The second-order valence-electron chi connectivity index (χ2n) is 7.19. The molecular weight excluding hydrogens is 393 g/mol. The predicted molar refractivity (Wildman–Crippen MR) is 97.3 cm³/mol. The first-order chi connectivity index (χ1) is 13.0. The highest BCUT2D eigenvalue weighted by atomic mass is 35.5. The first-order valence-corrected chi connectivity index (χ1v) is 9.58. The van der Waals surface area contributed by atoms with Crippen LogP contribution in [0.5, 0.6) is 0 Å². The van der Waals surface area contributed by atoms with Crippen LogP contribution in [0.15, 0.2) is 12.3 Å². The highest BCUT2D eigenvalue weighted by Crippen LogP contribution is 2.52. The molecule has 2 aromatic rings. The minimum absolute atomic E-state index is 0.241. The average Bonchev–Trinajstić information content (AvgIpc) is 3.40. The van der Waals surface area contributed by atoms with Crippen molar-refractivity contribution in [1.82, 2.24) is 14.8 Å². The van der Waals surface area contributed by atoms with Crippen molar-refractivity contribution < 1.29 is 19.3 Å². The molecule has 0 radical (unpaired) electrons. The highest BCUT2D eigenvalue weighted by molar-refractivity contribution is 6.37. The first-order valence-electron chi connectivity index (χ1n) is 8.82. The minimum atomic E-state index is -1.32. The number of aromatic nitrogens is 3. The average molecular weight is 410 g/mol. The van der Waals surface area contributed by atoms with Gasteiger partial charge in [-0.1, -0.05) is 29.1 Å². The van der Waals surface area contributed by atoms with Crippen LogP contribution in [0, 0.1) is 12.3 Å². The van der Waals surface area contributed by atoms with Gasteiger partial charge in [-0.2, -0.15) is 5.10 Å². The van der Waals surface area contributed by atoms with Gasteiger partial charge in [0.25, 0.3) is 0 Å². The summed E-state index contributed by atoms with van der Waals surface area (Å²) in [5.74, 6) is 1.90. The van der Waals surface area contributed by atoms with Crippen molar-refractivity contribution in [3.8, 4) is 12.3 Å². The number of terminal acetylenes is 1. The Morgan fingerprint density at radius 1 is 1.30 bits per heavy atom. The van der Waals surface area contributed by atoms with Crippen LogP contribution in [0.2, 0.25) is 10.2 Å². The normalized spacial score (nSPS) is 34.4. The lowest BCUT2D eigenvalue weighted by Gasteiger charge is -2.30. The maximum Gasteiger partial charge on any atom is 0.183 e. The van der Waals surface area contributed by atoms with Crippen LogP contribution in [0.3, 0.4) is 0 Å². The van der Waals surface area contributed by atoms with E-state index in [1.165, 1.54) is 0 Å². The third-order valence-corrected chi connectivity index (χ3v) is 6.14. The third kappa shape index (κ3) is 2.45. The summed E-state index contributed by atoms with van der Waals surface area (Å²) < 4.78 is 20.2. The zero-order valence-electron chi connectivity index (χ0n) is 14.3. The van der Waals surface area contributed by atoms with Gasteiger partial charge >= 0.3 is 0 Å². The summed E-state index contributed by atoms with van der Waals surface area (Å²) in [5, 5.41) is 15.7. The number of rotatable bonds is 2. The lowest BCUT2D eigenvalue weighted by Crippen LogP contribution is -2.45. The SMILES string of the molecule is C#C[C@]1(CO)O[C@@H](n2ncc3c(Cl)cc(Cl)nc32)[C@@H]2OC3(CCCC3)O[C@@H]21. The lowest BCUT2D eigenvalue weighted by atomic mass is 9.97. The van der Waals surface area contributed by atoms with Gasteiger partial charge in [0, 0.05) is 12.8 Å². The van der Waals surface area contributed by atoms with Gasteiger partial charge in [-0.25, -0.2) is 9.67 Å². The number of hydrogen-bond acceptors (Lipinski definition) is 6. The van der Waals surface area contributed by atoms with E-state index in [9.17, 15) is 5.11 Å². The molecule has 5 rings (SSSR count). The smallest absolute Gasteiger partial charge is 0.183 e. The van der Waals surface area contributed by atoms with Crippen molar-refractivity contribution in [3.63, 3.8) is 0 Å². The predicted octanol–water partition coefficient (Wildman–Crippen LogP) is 2.69. The number of aliphatic hydroxyl groups is 1. The van der Waals surface area contributed by atoms with E-state index in [0.717, 1.165) is 25.7 Å². The Hall–Kier alpha value is -1.40. The molecule has 0 bridgehead atoms. The number of hydrogen-bond donors (Lipinski definition) is 1. The Balaban J connectivity index is 1.62. The molecule has 27 heavy (non-hydrogen) atoms. The Morgan fingerprint density at radius 2 is 2.07 bits per heavy atom. The summed E-state index contributed by atoms with van der Waals surface area (Å²) in [6, 6.07) is 1.55. The molecule has 9 heteroatoms. The monoisotopic (exact) mass is 409 g/mol. The standard InChI is InChI=1S/C18H17Cl2N3O4/c1-2-17(9-24)14-13(25-18(26-14)5-3-4-6-18)16(27-17)23-15-10(8-21-23)11(19)7-12(20)22-15/h1,7-8,13-14,16,24H,3-6,9H2/t13-,14+,16-,17-/m1/s1. The second kappa shape index (κ2) is 6.05. The topological polar surface area (TPSA) is 78.6 Å². The van der Waals surface area contributed by atoms with Crippen molar-refractivity contribution in [1.29, 1.82) is 0 Å². The molecule has 3 aliphatic rings. The van der Waals surface area contributed by atoms with Crippen molar-refractivity contribution in [3.05, 3.63) is 22.4 Å². The summed E-state index contributed by atoms with van der Waals surface area (Å²) in [4.78, 5) is 4.33. The summed E-state index contributed by atoms with van der Waals surface area (Å²) in [7, 11) is 0. The van der Waals surface area contributed by atoms with Gasteiger partial charge in [-0.05, 0) is 18.9 Å². The Morgan fingerprint density at radius 3 is 2.78 bits per heavy atom. The van der Waals surface area contributed by atoms with Gasteiger partial charge in [-0.3, -0.25) is 0 Å². The summed E-state index contributed by atoms with van der Waals surface area (Å²) in [6.07, 6.45) is 9.08. The van der Waals surface area contributed by atoms with Gasteiger partial charge < -0.3 is 19.3 Å². The molecule has 142 valence electrons. The maximum absolute atomic E-state index is 10.0. The summed E-state index contributed by atoms with van der Waals surface area (Å²) in [5.41, 5.74) is -0.861. The molecule has 0 amide bonds. The molecule has 1 aliphatic carbocycles. The fourth-order valence-corrected chi connectivity index (χ4v) is 4.80. The molecule has 2 saturated heterocycles. The zero-order chi connectivity index (χ0) is 18.8. The number of halogens is 2. The fourth-order valence-electron chi connectivity index (χ4n) is 4.32. The zero-order valence-corrected chi connectivity index (χ0v) is 15.8. The summed E-state index contributed by atoms with van der Waals surface area (Å²) >= 11 is 12.3. The highest BCUT2D eigenvalue weighted by Gasteiger charge is 2.65. The number of fused-ring (bicyclic) bond motifs is 2. The van der Waals surface area contributed by atoms with Crippen LogP contribution in [0.4, 0.5) is 0 Å². The second-order valence-corrected chi connectivity index (χ2v) is 7.99. The van der Waals surface area contributed by atoms with Gasteiger partial charge in [0.2, 0.25) is 0 Å². The molecule has 4 heterocycles. The van der Waals surface area contributed by atoms with Gasteiger partial charge in [0.05, 0.1) is 23.2 Å². The van der Waals surface area contributed by atoms with Crippen molar-refractivity contribution >= 4 is 34.2 Å². The largest absolute Gasteiger partial charge is 0.392 e. The van der Waals surface area contributed by atoms with Crippen molar-refractivity contribution in [2.75, 3.05) is 6.61 Å². The van der Waals surface area contributed by atoms with E-state index in [1.807, 2.05) is 0 Å². The molecule has 1 N–H and O–H groups in total. The molecule has 2 aromatic heterocycles. The van der Waals surface area contributed by atoms with Crippen LogP contribution in [-0.2, 0) is 14.2 Å². The Labute approximate surface area is 165 Å². The van der Waals surface area contributed by atoms with Gasteiger partial charge in [-0.15, -0.1) is 6.42 Å². The number of aliphatic hydroxyl groups excluding tert-OH is 1. The third-order valence-electron chi connectivity index (χ3n) is 5.63. The van der Waals surface area contributed by atoms with E-state index in [1.54, 1.807) is 16.9 Å². The van der Waals surface area contributed by atoms with E-state index in [-0.39, 0.29) is 5.15 Å². The molecule has 0 aromatic carbocycles. The summed E-state index contributed by atoms with van der Waals surface area (Å²) in [6.45, 7) is -0.394.